The largest absolute Gasteiger partial charge is 0.484 e. The van der Waals surface area contributed by atoms with Gasteiger partial charge in [-0.3, -0.25) is 9.59 Å². The number of carbonyl (C=O) groups excluding carboxylic acids is 2. The van der Waals surface area contributed by atoms with E-state index in [1.54, 1.807) is 4.90 Å². The first-order chi connectivity index (χ1) is 16.6. The maximum Gasteiger partial charge on any atom is 0.261 e. The zero-order chi connectivity index (χ0) is 25.4. The Labute approximate surface area is 209 Å². The smallest absolute Gasteiger partial charge is 0.261 e. The molecule has 0 unspecified atom stereocenters. The number of hydrogen-bond acceptors (Lipinski definition) is 3. The van der Waals surface area contributed by atoms with E-state index in [-0.39, 0.29) is 18.4 Å². The summed E-state index contributed by atoms with van der Waals surface area (Å²) in [6, 6.07) is 24.6. The number of amides is 2. The average Bonchev–Trinajstić information content (AvgIpc) is 2.81. The molecular formula is C30H36N2O3. The topological polar surface area (TPSA) is 58.6 Å². The summed E-state index contributed by atoms with van der Waals surface area (Å²) in [6.45, 7) is 10.0. The summed E-state index contributed by atoms with van der Waals surface area (Å²) in [6.07, 6.45) is 0.408. The lowest BCUT2D eigenvalue weighted by molar-refractivity contribution is -0.143. The Morgan fingerprint density at radius 1 is 0.886 bits per heavy atom. The first-order valence-corrected chi connectivity index (χ1v) is 12.0. The molecule has 0 aliphatic carbocycles. The van der Waals surface area contributed by atoms with Crippen LogP contribution in [0.25, 0.3) is 0 Å². The average molecular weight is 473 g/mol. The fourth-order valence-corrected chi connectivity index (χ4v) is 3.84. The first kappa shape index (κ1) is 26.0. The minimum atomic E-state index is -0.689. The van der Waals surface area contributed by atoms with Gasteiger partial charge in [-0.1, -0.05) is 72.3 Å². The van der Waals surface area contributed by atoms with Crippen molar-refractivity contribution < 1.29 is 14.3 Å². The normalized spacial score (nSPS) is 12.0. The van der Waals surface area contributed by atoms with Gasteiger partial charge in [0.1, 0.15) is 11.8 Å². The third-order valence-electron chi connectivity index (χ3n) is 5.75. The minimum absolute atomic E-state index is 0.150. The van der Waals surface area contributed by atoms with Crippen LogP contribution in [0.15, 0.2) is 78.9 Å². The summed E-state index contributed by atoms with van der Waals surface area (Å²) in [5, 5.41) is 3.08. The van der Waals surface area contributed by atoms with Crippen LogP contribution >= 0.6 is 0 Å². The molecule has 0 saturated carbocycles. The lowest BCUT2D eigenvalue weighted by atomic mass is 10.00. The highest BCUT2D eigenvalue weighted by molar-refractivity contribution is 5.89. The molecule has 3 rings (SSSR count). The molecule has 0 radical (unpaired) electrons. The molecule has 0 bridgehead atoms. The van der Waals surface area contributed by atoms with Crippen molar-refractivity contribution in [3.8, 4) is 5.75 Å². The van der Waals surface area contributed by atoms with Gasteiger partial charge in [0.05, 0.1) is 0 Å². The summed E-state index contributed by atoms with van der Waals surface area (Å²) in [5.74, 6) is 0.205. The second-order valence-electron chi connectivity index (χ2n) is 9.99. The predicted octanol–water partition coefficient (Wildman–Crippen LogP) is 5.24. The summed E-state index contributed by atoms with van der Waals surface area (Å²) in [5.41, 5.74) is 3.74. The highest BCUT2D eigenvalue weighted by Crippen LogP contribution is 2.19. The van der Waals surface area contributed by atoms with E-state index in [0.717, 1.165) is 22.3 Å². The Hall–Kier alpha value is -3.60. The lowest BCUT2D eigenvalue weighted by Crippen LogP contribution is -2.55. The number of hydrogen-bond donors (Lipinski definition) is 1. The van der Waals surface area contributed by atoms with Gasteiger partial charge >= 0.3 is 0 Å². The standard InChI is InChI=1S/C30H36N2O3/c1-22-15-17-26(18-16-22)35-21-28(33)32(20-25-14-10-9-11-23(25)2)27(29(34)31-30(3,4)5)19-24-12-7-6-8-13-24/h6-18,27H,19-21H2,1-5H3,(H,31,34)/t27-/m1/s1. The van der Waals surface area contributed by atoms with E-state index in [0.29, 0.717) is 18.7 Å². The molecule has 3 aromatic rings. The molecule has 0 saturated heterocycles. The highest BCUT2D eigenvalue weighted by atomic mass is 16.5. The highest BCUT2D eigenvalue weighted by Gasteiger charge is 2.32. The van der Waals surface area contributed by atoms with E-state index in [1.165, 1.54) is 0 Å². The SMILES string of the molecule is Cc1ccc(OCC(=O)N(Cc2ccccc2C)[C@H](Cc2ccccc2)C(=O)NC(C)(C)C)cc1. The molecule has 1 atom stereocenters. The Morgan fingerprint density at radius 2 is 1.51 bits per heavy atom. The van der Waals surface area contributed by atoms with E-state index < -0.39 is 11.6 Å². The predicted molar refractivity (Wildman–Crippen MR) is 140 cm³/mol. The molecular weight excluding hydrogens is 436 g/mol. The van der Waals surface area contributed by atoms with Gasteiger partial charge in [-0.05, 0) is 63.4 Å². The van der Waals surface area contributed by atoms with Crippen LogP contribution in [0.3, 0.4) is 0 Å². The van der Waals surface area contributed by atoms with Crippen LogP contribution in [0.4, 0.5) is 0 Å². The van der Waals surface area contributed by atoms with Crippen LogP contribution in [-0.4, -0.2) is 34.9 Å². The Morgan fingerprint density at radius 3 is 2.14 bits per heavy atom. The summed E-state index contributed by atoms with van der Waals surface area (Å²) in [7, 11) is 0. The summed E-state index contributed by atoms with van der Waals surface area (Å²) < 4.78 is 5.83. The van der Waals surface area contributed by atoms with E-state index in [1.807, 2.05) is 113 Å². The van der Waals surface area contributed by atoms with Gasteiger partial charge in [0.2, 0.25) is 5.91 Å². The molecule has 0 heterocycles. The second kappa shape index (κ2) is 11.7. The number of carbonyl (C=O) groups is 2. The van der Waals surface area contributed by atoms with Crippen LogP contribution in [-0.2, 0) is 22.6 Å². The van der Waals surface area contributed by atoms with Gasteiger partial charge in [-0.2, -0.15) is 0 Å². The number of aryl methyl sites for hydroxylation is 2. The van der Waals surface area contributed by atoms with E-state index in [4.69, 9.17) is 4.74 Å². The molecule has 3 aromatic carbocycles. The number of nitrogens with zero attached hydrogens (tertiary/aromatic N) is 1. The fraction of sp³-hybridized carbons (Fsp3) is 0.333. The molecule has 0 aliphatic heterocycles. The van der Waals surface area contributed by atoms with Gasteiger partial charge in [0, 0.05) is 18.5 Å². The number of nitrogens with one attached hydrogen (secondary N) is 1. The van der Waals surface area contributed by atoms with E-state index >= 15 is 0 Å². The lowest BCUT2D eigenvalue weighted by Gasteiger charge is -2.34. The Balaban J connectivity index is 1.93. The van der Waals surface area contributed by atoms with Gasteiger partial charge in [-0.15, -0.1) is 0 Å². The zero-order valence-corrected chi connectivity index (χ0v) is 21.4. The zero-order valence-electron chi connectivity index (χ0n) is 21.4. The van der Waals surface area contributed by atoms with E-state index in [9.17, 15) is 9.59 Å². The van der Waals surface area contributed by atoms with Gasteiger partial charge in [-0.25, -0.2) is 0 Å². The van der Waals surface area contributed by atoms with Gasteiger partial charge < -0.3 is 15.0 Å². The molecule has 2 amide bonds. The summed E-state index contributed by atoms with van der Waals surface area (Å²) in [4.78, 5) is 28.8. The van der Waals surface area contributed by atoms with Crippen LogP contribution in [0.5, 0.6) is 5.75 Å². The number of rotatable bonds is 9. The molecule has 0 fully saturated rings. The van der Waals surface area contributed by atoms with Crippen molar-refractivity contribution in [1.29, 1.82) is 0 Å². The fourth-order valence-electron chi connectivity index (χ4n) is 3.84. The second-order valence-corrected chi connectivity index (χ2v) is 9.99. The molecule has 35 heavy (non-hydrogen) atoms. The molecule has 0 aliphatic rings. The molecule has 0 spiro atoms. The maximum atomic E-state index is 13.6. The third kappa shape index (κ3) is 7.99. The molecule has 5 heteroatoms. The van der Waals surface area contributed by atoms with Crippen molar-refractivity contribution >= 4 is 11.8 Å². The van der Waals surface area contributed by atoms with Crippen LogP contribution in [0.2, 0.25) is 0 Å². The number of ether oxygens (including phenoxy) is 1. The van der Waals surface area contributed by atoms with Gasteiger partial charge in [0.25, 0.3) is 5.91 Å². The van der Waals surface area contributed by atoms with Crippen molar-refractivity contribution in [3.63, 3.8) is 0 Å². The van der Waals surface area contributed by atoms with Crippen molar-refractivity contribution in [2.75, 3.05) is 6.61 Å². The third-order valence-corrected chi connectivity index (χ3v) is 5.75. The number of benzene rings is 3. The summed E-state index contributed by atoms with van der Waals surface area (Å²) >= 11 is 0. The maximum absolute atomic E-state index is 13.6. The Kier molecular flexibility index (Phi) is 8.69. The first-order valence-electron chi connectivity index (χ1n) is 12.0. The quantitative estimate of drug-likeness (QED) is 0.464. The van der Waals surface area contributed by atoms with Crippen LogP contribution in [0.1, 0.15) is 43.0 Å². The van der Waals surface area contributed by atoms with Crippen LogP contribution in [0, 0.1) is 13.8 Å². The Bertz CT molecular complexity index is 1120. The van der Waals surface area contributed by atoms with Gasteiger partial charge in [0.15, 0.2) is 6.61 Å². The van der Waals surface area contributed by atoms with Crippen molar-refractivity contribution in [2.24, 2.45) is 0 Å². The minimum Gasteiger partial charge on any atom is -0.484 e. The van der Waals surface area contributed by atoms with Crippen molar-refractivity contribution in [2.45, 2.75) is 59.2 Å². The van der Waals surface area contributed by atoms with E-state index in [2.05, 4.69) is 5.32 Å². The monoisotopic (exact) mass is 472 g/mol. The molecule has 5 nitrogen and oxygen atoms in total. The van der Waals surface area contributed by atoms with Crippen molar-refractivity contribution in [1.82, 2.24) is 10.2 Å². The molecule has 184 valence electrons. The van der Waals surface area contributed by atoms with Crippen LogP contribution < -0.4 is 10.1 Å². The van der Waals surface area contributed by atoms with Crippen molar-refractivity contribution in [3.05, 3.63) is 101 Å². The molecule has 0 aromatic heterocycles. The molecule has 1 N–H and O–H groups in total.